The Kier molecular flexibility index (Phi) is 18.2. The number of anilines is 4. The Morgan fingerprint density at radius 1 is 0.817 bits per heavy atom. The molecule has 3 aromatic rings. The number of benzene rings is 2. The van der Waals surface area contributed by atoms with Gasteiger partial charge in [-0.2, -0.15) is 0 Å². The Hall–Kier alpha value is -5.86. The Morgan fingerprint density at radius 2 is 1.47 bits per heavy atom. The van der Waals surface area contributed by atoms with Crippen LogP contribution in [0.5, 0.6) is 0 Å². The van der Waals surface area contributed by atoms with E-state index in [4.69, 9.17) is 18.9 Å². The third kappa shape index (κ3) is 16.1. The fourth-order valence-corrected chi connectivity index (χ4v) is 6.17. The van der Waals surface area contributed by atoms with Crippen LogP contribution in [-0.2, 0) is 35.1 Å². The SMILES string of the molecule is CC[C@@H](CC(=O)OC(C)OC(=O)N(C)c1ncccc1COC(=O)CN(C)C(=O)OC(C)(C)C)c1ccc(N(CC(C)C)CC(C)C)c(NC(=O)Nc2ccc(C)cc2)c1. The quantitative estimate of drug-likeness (QED) is 0.0712. The average molecular weight is 833 g/mol. The Bertz CT molecular complexity index is 1900. The number of pyridine rings is 1. The number of carbonyl (C=O) groups excluding carboxylic acids is 5. The van der Waals surface area contributed by atoms with Crippen LogP contribution in [0.4, 0.5) is 37.3 Å². The number of nitrogens with one attached hydrogen (secondary N) is 2. The number of aryl methyl sites for hydroxylation is 1. The number of ether oxygens (including phenoxy) is 4. The van der Waals surface area contributed by atoms with Crippen LogP contribution >= 0.6 is 0 Å². The van der Waals surface area contributed by atoms with Gasteiger partial charge in [-0.3, -0.25) is 14.5 Å². The topological polar surface area (TPSA) is 169 Å². The van der Waals surface area contributed by atoms with E-state index in [1.165, 1.54) is 27.2 Å². The molecule has 0 saturated carbocycles. The molecule has 0 saturated heterocycles. The van der Waals surface area contributed by atoms with E-state index in [1.807, 2.05) is 56.3 Å². The standard InChI is InChI=1S/C45H64N6O9/c1-13-33(34-18-21-38(51(25-29(2)3)26-30(4)5)37(23-34)48-42(54)47-36-19-16-31(6)17-20-36)24-39(52)58-32(7)59-44(56)50(12)41-35(15-14-22-46-41)28-57-40(53)27-49(11)43(55)60-45(8,9)10/h14-23,29-30,32-33H,13,24-28H2,1-12H3,(H2,47,48,54)/t32?,33-/m0/s1. The normalized spacial score (nSPS) is 12.2. The van der Waals surface area contributed by atoms with E-state index in [-0.39, 0.29) is 37.3 Å². The van der Waals surface area contributed by atoms with Crippen LogP contribution in [0.15, 0.2) is 60.8 Å². The maximum atomic E-state index is 13.3. The van der Waals surface area contributed by atoms with Crippen LogP contribution in [0.1, 0.15) is 97.8 Å². The number of hydrogen-bond acceptors (Lipinski definition) is 11. The first kappa shape index (κ1) is 48.5. The number of hydrogen-bond donors (Lipinski definition) is 2. The number of urea groups is 1. The largest absolute Gasteiger partial charge is 0.459 e. The smallest absolute Gasteiger partial charge is 0.418 e. The van der Waals surface area contributed by atoms with Crippen LogP contribution in [0.25, 0.3) is 0 Å². The number of rotatable bonds is 18. The predicted octanol–water partition coefficient (Wildman–Crippen LogP) is 9.11. The van der Waals surface area contributed by atoms with Crippen molar-refractivity contribution in [2.45, 2.75) is 106 Å². The van der Waals surface area contributed by atoms with E-state index in [2.05, 4.69) is 48.2 Å². The lowest BCUT2D eigenvalue weighted by Crippen LogP contribution is -2.37. The minimum Gasteiger partial charge on any atom is -0.459 e. The van der Waals surface area contributed by atoms with Crippen molar-refractivity contribution in [1.29, 1.82) is 0 Å². The molecule has 0 aliphatic heterocycles. The zero-order chi connectivity index (χ0) is 44.7. The second-order valence-corrected chi connectivity index (χ2v) is 16.7. The fraction of sp³-hybridized carbons (Fsp3) is 0.511. The van der Waals surface area contributed by atoms with Gasteiger partial charge in [0.1, 0.15) is 24.6 Å². The highest BCUT2D eigenvalue weighted by atomic mass is 16.7. The summed E-state index contributed by atoms with van der Waals surface area (Å²) in [6.45, 7) is 20.1. The first-order chi connectivity index (χ1) is 28.1. The summed E-state index contributed by atoms with van der Waals surface area (Å²) in [6.07, 6.45) is -0.739. The predicted molar refractivity (Wildman–Crippen MR) is 233 cm³/mol. The van der Waals surface area contributed by atoms with Crippen molar-refractivity contribution in [1.82, 2.24) is 9.88 Å². The molecular formula is C45H64N6O9. The summed E-state index contributed by atoms with van der Waals surface area (Å²) < 4.78 is 21.6. The lowest BCUT2D eigenvalue weighted by atomic mass is 9.92. The zero-order valence-electron chi connectivity index (χ0n) is 37.3. The van der Waals surface area contributed by atoms with E-state index in [0.29, 0.717) is 35.2 Å². The summed E-state index contributed by atoms with van der Waals surface area (Å²) in [5.41, 5.74) is 3.74. The maximum absolute atomic E-state index is 13.3. The monoisotopic (exact) mass is 832 g/mol. The third-order valence-electron chi connectivity index (χ3n) is 8.95. The van der Waals surface area contributed by atoms with Crippen molar-refractivity contribution < 1.29 is 42.9 Å². The highest BCUT2D eigenvalue weighted by Gasteiger charge is 2.26. The second-order valence-electron chi connectivity index (χ2n) is 16.7. The van der Waals surface area contributed by atoms with Gasteiger partial charge in [0.05, 0.1) is 17.8 Å². The van der Waals surface area contributed by atoms with Gasteiger partial charge in [-0.05, 0) is 87.8 Å². The minimum absolute atomic E-state index is 0.0108. The van der Waals surface area contributed by atoms with E-state index in [1.54, 1.807) is 32.9 Å². The van der Waals surface area contributed by atoms with E-state index < -0.39 is 36.0 Å². The molecule has 2 aromatic carbocycles. The van der Waals surface area contributed by atoms with Crippen LogP contribution in [-0.4, -0.2) is 85.7 Å². The van der Waals surface area contributed by atoms with Crippen LogP contribution in [0, 0.1) is 18.8 Å². The lowest BCUT2D eigenvalue weighted by molar-refractivity contribution is -0.165. The van der Waals surface area contributed by atoms with Crippen LogP contribution in [0.2, 0.25) is 0 Å². The fourth-order valence-electron chi connectivity index (χ4n) is 6.17. The molecule has 15 heteroatoms. The van der Waals surface area contributed by atoms with Crippen LogP contribution < -0.4 is 20.4 Å². The molecule has 0 spiro atoms. The molecular weight excluding hydrogens is 769 g/mol. The molecule has 2 atom stereocenters. The molecule has 1 aromatic heterocycles. The summed E-state index contributed by atoms with van der Waals surface area (Å²) >= 11 is 0. The summed E-state index contributed by atoms with van der Waals surface area (Å²) in [4.78, 5) is 73.3. The van der Waals surface area contributed by atoms with Crippen LogP contribution in [0.3, 0.4) is 0 Å². The molecule has 0 bridgehead atoms. The van der Waals surface area contributed by atoms with E-state index >= 15 is 0 Å². The van der Waals surface area contributed by atoms with Gasteiger partial charge >= 0.3 is 30.2 Å². The third-order valence-corrected chi connectivity index (χ3v) is 8.95. The lowest BCUT2D eigenvalue weighted by Gasteiger charge is -2.31. The van der Waals surface area contributed by atoms with Crippen molar-refractivity contribution in [3.8, 4) is 0 Å². The molecule has 328 valence electrons. The molecule has 0 aliphatic carbocycles. The molecule has 1 unspecified atom stereocenters. The summed E-state index contributed by atoms with van der Waals surface area (Å²) in [5, 5.41) is 5.99. The number of carbonyl (C=O) groups is 5. The number of esters is 2. The van der Waals surface area contributed by atoms with Gasteiger partial charge in [0.25, 0.3) is 0 Å². The number of aromatic nitrogens is 1. The van der Waals surface area contributed by atoms with Crippen molar-refractivity contribution >= 4 is 53.0 Å². The Balaban J connectivity index is 1.69. The highest BCUT2D eigenvalue weighted by Crippen LogP contribution is 2.34. The number of likely N-dealkylation sites (N-methyl/N-ethyl adjacent to an activating group) is 1. The zero-order valence-corrected chi connectivity index (χ0v) is 37.3. The molecule has 4 amide bonds. The molecule has 2 N–H and O–H groups in total. The Labute approximate surface area is 355 Å². The van der Waals surface area contributed by atoms with E-state index in [0.717, 1.165) is 39.7 Å². The van der Waals surface area contributed by atoms with Gasteiger partial charge in [-0.15, -0.1) is 0 Å². The number of nitrogens with zero attached hydrogens (tertiary/aromatic N) is 4. The van der Waals surface area contributed by atoms with Gasteiger partial charge in [-0.25, -0.2) is 19.4 Å². The Morgan fingerprint density at radius 3 is 2.07 bits per heavy atom. The van der Waals surface area contributed by atoms with E-state index in [9.17, 15) is 24.0 Å². The summed E-state index contributed by atoms with van der Waals surface area (Å²) in [5.74, 6) is -0.656. The first-order valence-corrected chi connectivity index (χ1v) is 20.4. The van der Waals surface area contributed by atoms with Crippen molar-refractivity contribution in [3.63, 3.8) is 0 Å². The molecule has 15 nitrogen and oxygen atoms in total. The minimum atomic E-state index is -1.25. The second kappa shape index (κ2) is 22.5. The molecule has 60 heavy (non-hydrogen) atoms. The van der Waals surface area contributed by atoms with Gasteiger partial charge in [0, 0.05) is 51.6 Å². The van der Waals surface area contributed by atoms with Gasteiger partial charge in [-0.1, -0.05) is 64.4 Å². The highest BCUT2D eigenvalue weighted by molar-refractivity contribution is 6.02. The first-order valence-electron chi connectivity index (χ1n) is 20.4. The summed E-state index contributed by atoms with van der Waals surface area (Å²) in [6, 6.07) is 16.3. The number of amides is 4. The summed E-state index contributed by atoms with van der Waals surface area (Å²) in [7, 11) is 2.84. The average Bonchev–Trinajstić information content (AvgIpc) is 3.15. The molecule has 3 rings (SSSR count). The molecule has 0 radical (unpaired) electrons. The van der Waals surface area contributed by atoms with Gasteiger partial charge in [0.15, 0.2) is 0 Å². The maximum Gasteiger partial charge on any atom is 0.418 e. The van der Waals surface area contributed by atoms with Crippen molar-refractivity contribution in [2.24, 2.45) is 11.8 Å². The molecule has 0 fully saturated rings. The van der Waals surface area contributed by atoms with Crippen molar-refractivity contribution in [2.75, 3.05) is 54.2 Å². The van der Waals surface area contributed by atoms with Gasteiger partial charge in [0.2, 0.25) is 6.29 Å². The van der Waals surface area contributed by atoms with Crippen molar-refractivity contribution in [3.05, 3.63) is 77.5 Å². The van der Waals surface area contributed by atoms with Gasteiger partial charge < -0.3 is 39.4 Å². The molecule has 1 heterocycles. The molecule has 0 aliphatic rings.